The third kappa shape index (κ3) is 4.69. The maximum atomic E-state index is 4.49. The SMILES string of the molecule is Cc1ccnc(SCCN2CCN(c3cc(C)ccn3)CC2)c1. The van der Waals surface area contributed by atoms with Crippen LogP contribution in [-0.4, -0.2) is 53.3 Å². The number of nitrogens with zero attached hydrogens (tertiary/aromatic N) is 4. The lowest BCUT2D eigenvalue weighted by molar-refractivity contribution is 0.272. The maximum absolute atomic E-state index is 4.49. The van der Waals surface area contributed by atoms with Crippen LogP contribution in [0.3, 0.4) is 0 Å². The molecule has 0 spiro atoms. The highest BCUT2D eigenvalue weighted by atomic mass is 32.2. The molecular formula is C18H24N4S. The Morgan fingerprint density at radius 1 is 0.957 bits per heavy atom. The van der Waals surface area contributed by atoms with Crippen molar-refractivity contribution < 1.29 is 0 Å². The van der Waals surface area contributed by atoms with E-state index < -0.39 is 0 Å². The van der Waals surface area contributed by atoms with Crippen LogP contribution in [0.4, 0.5) is 5.82 Å². The number of hydrogen-bond donors (Lipinski definition) is 0. The Hall–Kier alpha value is -1.59. The Labute approximate surface area is 142 Å². The van der Waals surface area contributed by atoms with Gasteiger partial charge in [0.15, 0.2) is 0 Å². The van der Waals surface area contributed by atoms with Crippen LogP contribution in [0.1, 0.15) is 11.1 Å². The van der Waals surface area contributed by atoms with Crippen molar-refractivity contribution in [3.05, 3.63) is 47.8 Å². The maximum Gasteiger partial charge on any atom is 0.128 e. The summed E-state index contributed by atoms with van der Waals surface area (Å²) in [6.45, 7) is 9.69. The topological polar surface area (TPSA) is 32.3 Å². The number of rotatable bonds is 5. The highest BCUT2D eigenvalue weighted by Gasteiger charge is 2.17. The van der Waals surface area contributed by atoms with E-state index in [-0.39, 0.29) is 0 Å². The van der Waals surface area contributed by atoms with Crippen molar-refractivity contribution in [1.29, 1.82) is 0 Å². The number of anilines is 1. The van der Waals surface area contributed by atoms with E-state index in [9.17, 15) is 0 Å². The molecule has 0 bridgehead atoms. The van der Waals surface area contributed by atoms with E-state index in [1.807, 2.05) is 30.2 Å². The van der Waals surface area contributed by atoms with Crippen LogP contribution < -0.4 is 4.90 Å². The first-order valence-electron chi connectivity index (χ1n) is 8.16. The van der Waals surface area contributed by atoms with E-state index in [4.69, 9.17) is 0 Å². The third-order valence-corrected chi connectivity index (χ3v) is 5.05. The largest absolute Gasteiger partial charge is 0.354 e. The van der Waals surface area contributed by atoms with Crippen LogP contribution >= 0.6 is 11.8 Å². The summed E-state index contributed by atoms with van der Waals surface area (Å²) in [7, 11) is 0. The summed E-state index contributed by atoms with van der Waals surface area (Å²) in [4.78, 5) is 13.8. The van der Waals surface area contributed by atoms with Gasteiger partial charge in [-0.15, -0.1) is 11.8 Å². The molecule has 1 aliphatic heterocycles. The van der Waals surface area contributed by atoms with E-state index in [2.05, 4.69) is 51.8 Å². The lowest BCUT2D eigenvalue weighted by Gasteiger charge is -2.35. The van der Waals surface area contributed by atoms with Gasteiger partial charge in [-0.05, 0) is 49.2 Å². The molecule has 3 heterocycles. The van der Waals surface area contributed by atoms with Crippen molar-refractivity contribution in [1.82, 2.24) is 14.9 Å². The third-order valence-electron chi connectivity index (χ3n) is 4.15. The van der Waals surface area contributed by atoms with Gasteiger partial charge in [0.25, 0.3) is 0 Å². The summed E-state index contributed by atoms with van der Waals surface area (Å²) >= 11 is 1.85. The molecule has 0 radical (unpaired) electrons. The van der Waals surface area contributed by atoms with Crippen LogP contribution in [0.25, 0.3) is 0 Å². The van der Waals surface area contributed by atoms with E-state index >= 15 is 0 Å². The van der Waals surface area contributed by atoms with E-state index in [1.165, 1.54) is 11.1 Å². The van der Waals surface area contributed by atoms with Crippen LogP contribution in [0, 0.1) is 13.8 Å². The quantitative estimate of drug-likeness (QED) is 0.788. The summed E-state index contributed by atoms with van der Waals surface area (Å²) < 4.78 is 0. The molecule has 0 atom stereocenters. The fraction of sp³-hybridized carbons (Fsp3) is 0.444. The van der Waals surface area contributed by atoms with Gasteiger partial charge in [-0.25, -0.2) is 9.97 Å². The summed E-state index contributed by atoms with van der Waals surface area (Å²) in [5.74, 6) is 2.21. The first kappa shape index (κ1) is 16.3. The molecule has 122 valence electrons. The molecule has 4 nitrogen and oxygen atoms in total. The Bertz CT molecular complexity index is 636. The number of hydrogen-bond acceptors (Lipinski definition) is 5. The minimum Gasteiger partial charge on any atom is -0.354 e. The van der Waals surface area contributed by atoms with Gasteiger partial charge in [0.05, 0.1) is 5.03 Å². The Morgan fingerprint density at radius 3 is 2.35 bits per heavy atom. The average molecular weight is 328 g/mol. The minimum atomic E-state index is 1.06. The molecule has 3 rings (SSSR count). The Morgan fingerprint density at radius 2 is 1.65 bits per heavy atom. The molecule has 23 heavy (non-hydrogen) atoms. The van der Waals surface area contributed by atoms with Gasteiger partial charge in [0.2, 0.25) is 0 Å². The van der Waals surface area contributed by atoms with Gasteiger partial charge in [-0.2, -0.15) is 0 Å². The fourth-order valence-corrected chi connectivity index (χ4v) is 3.72. The first-order chi connectivity index (χ1) is 11.2. The second-order valence-electron chi connectivity index (χ2n) is 6.04. The first-order valence-corrected chi connectivity index (χ1v) is 9.15. The van der Waals surface area contributed by atoms with E-state index in [0.29, 0.717) is 0 Å². The Balaban J connectivity index is 1.42. The predicted molar refractivity (Wildman–Crippen MR) is 97.3 cm³/mol. The summed E-state index contributed by atoms with van der Waals surface area (Å²) in [5, 5.41) is 1.13. The lowest BCUT2D eigenvalue weighted by atomic mass is 10.2. The van der Waals surface area contributed by atoms with Gasteiger partial charge in [-0.3, -0.25) is 4.90 Å². The number of thioether (sulfide) groups is 1. The van der Waals surface area contributed by atoms with Gasteiger partial charge >= 0.3 is 0 Å². The zero-order valence-corrected chi connectivity index (χ0v) is 14.7. The molecule has 0 unspecified atom stereocenters. The van der Waals surface area contributed by atoms with Gasteiger partial charge in [0, 0.05) is 50.9 Å². The highest BCUT2D eigenvalue weighted by Crippen LogP contribution is 2.18. The molecule has 2 aromatic rings. The zero-order valence-electron chi connectivity index (χ0n) is 13.9. The van der Waals surface area contributed by atoms with Crippen LogP contribution in [0.5, 0.6) is 0 Å². The molecule has 1 aliphatic rings. The van der Waals surface area contributed by atoms with Crippen molar-refractivity contribution in [3.63, 3.8) is 0 Å². The van der Waals surface area contributed by atoms with Gasteiger partial charge < -0.3 is 4.90 Å². The minimum absolute atomic E-state index is 1.06. The Kier molecular flexibility index (Phi) is 5.51. The van der Waals surface area contributed by atoms with Crippen LogP contribution in [0.2, 0.25) is 0 Å². The smallest absolute Gasteiger partial charge is 0.128 e. The normalized spacial score (nSPS) is 15.8. The lowest BCUT2D eigenvalue weighted by Crippen LogP contribution is -2.47. The molecule has 1 fully saturated rings. The average Bonchev–Trinajstić information content (AvgIpc) is 2.56. The summed E-state index contributed by atoms with van der Waals surface area (Å²) in [5.41, 5.74) is 2.56. The molecule has 5 heteroatoms. The van der Waals surface area contributed by atoms with Crippen LogP contribution in [0.15, 0.2) is 41.7 Å². The van der Waals surface area contributed by atoms with Gasteiger partial charge in [-0.1, -0.05) is 0 Å². The number of piperazine rings is 1. The fourth-order valence-electron chi connectivity index (χ4n) is 2.76. The molecule has 0 N–H and O–H groups in total. The van der Waals surface area contributed by atoms with Crippen molar-refractivity contribution in [2.24, 2.45) is 0 Å². The van der Waals surface area contributed by atoms with E-state index in [1.54, 1.807) is 0 Å². The van der Waals surface area contributed by atoms with Crippen molar-refractivity contribution in [3.8, 4) is 0 Å². The molecule has 0 aromatic carbocycles. The molecule has 2 aromatic heterocycles. The zero-order chi connectivity index (χ0) is 16.1. The molecule has 1 saturated heterocycles. The molecule has 0 saturated carbocycles. The summed E-state index contributed by atoms with van der Waals surface area (Å²) in [6.07, 6.45) is 3.80. The van der Waals surface area contributed by atoms with Crippen LogP contribution in [-0.2, 0) is 0 Å². The second-order valence-corrected chi connectivity index (χ2v) is 7.16. The van der Waals surface area contributed by atoms with E-state index in [0.717, 1.165) is 49.3 Å². The number of pyridine rings is 2. The predicted octanol–water partition coefficient (Wildman–Crippen LogP) is 3.01. The standard InChI is InChI=1S/C18H24N4S/c1-15-3-5-19-17(13-15)22-9-7-21(8-10-22)11-12-23-18-14-16(2)4-6-20-18/h3-6,13-14H,7-12H2,1-2H3. The second kappa shape index (κ2) is 7.79. The molecule has 0 aliphatic carbocycles. The molecular weight excluding hydrogens is 304 g/mol. The number of aromatic nitrogens is 2. The monoisotopic (exact) mass is 328 g/mol. The highest BCUT2D eigenvalue weighted by molar-refractivity contribution is 7.99. The van der Waals surface area contributed by atoms with Crippen molar-refractivity contribution in [2.75, 3.05) is 43.4 Å². The number of aryl methyl sites for hydroxylation is 2. The van der Waals surface area contributed by atoms with Crippen molar-refractivity contribution in [2.45, 2.75) is 18.9 Å². The summed E-state index contributed by atoms with van der Waals surface area (Å²) in [6, 6.07) is 8.43. The van der Waals surface area contributed by atoms with Gasteiger partial charge in [0.1, 0.15) is 5.82 Å². The van der Waals surface area contributed by atoms with Crippen molar-refractivity contribution >= 4 is 17.6 Å². The molecule has 0 amide bonds.